The molecule has 0 aliphatic carbocycles. The molecule has 0 bridgehead atoms. The van der Waals surface area contributed by atoms with E-state index in [1.54, 1.807) is 11.3 Å². The molecular weight excluding hydrogens is 376 g/mol. The summed E-state index contributed by atoms with van der Waals surface area (Å²) in [6, 6.07) is 14.0. The van der Waals surface area contributed by atoms with Crippen molar-refractivity contribution in [3.63, 3.8) is 0 Å². The molecule has 0 spiro atoms. The van der Waals surface area contributed by atoms with Crippen LogP contribution in [0, 0.1) is 13.8 Å². The summed E-state index contributed by atoms with van der Waals surface area (Å²) in [5, 5.41) is 12.1. The first-order chi connectivity index (χ1) is 13.1. The topological polar surface area (TPSA) is 59.8 Å². The average Bonchev–Trinajstić information content (AvgIpc) is 3.40. The third-order valence-corrected chi connectivity index (χ3v) is 5.95. The number of nitrogens with zero attached hydrogens (tertiary/aromatic N) is 3. The molecule has 1 amide bonds. The van der Waals surface area contributed by atoms with Crippen LogP contribution in [-0.4, -0.2) is 20.7 Å². The fourth-order valence-electron chi connectivity index (χ4n) is 2.94. The Balaban J connectivity index is 1.50. The SMILES string of the molecule is Cc1nn(-c2ccccc2)c(C)c1CC(=O)Nc1nc(-c2cccs2)cs1. The number of thiazole rings is 1. The Labute approximate surface area is 165 Å². The van der Waals surface area contributed by atoms with Gasteiger partial charge >= 0.3 is 0 Å². The molecule has 0 atom stereocenters. The van der Waals surface area contributed by atoms with Gasteiger partial charge in [0.25, 0.3) is 0 Å². The number of amides is 1. The van der Waals surface area contributed by atoms with Crippen LogP contribution in [-0.2, 0) is 11.2 Å². The molecule has 0 unspecified atom stereocenters. The first-order valence-corrected chi connectivity index (χ1v) is 10.3. The number of para-hydroxylation sites is 1. The Morgan fingerprint density at radius 1 is 1.11 bits per heavy atom. The van der Waals surface area contributed by atoms with Crippen molar-refractivity contribution in [3.05, 3.63) is 70.2 Å². The maximum absolute atomic E-state index is 12.5. The van der Waals surface area contributed by atoms with Crippen LogP contribution in [0.15, 0.2) is 53.2 Å². The minimum absolute atomic E-state index is 0.0825. The van der Waals surface area contributed by atoms with E-state index in [-0.39, 0.29) is 12.3 Å². The van der Waals surface area contributed by atoms with E-state index in [2.05, 4.69) is 15.4 Å². The lowest BCUT2D eigenvalue weighted by Crippen LogP contribution is -2.15. The molecule has 1 N–H and O–H groups in total. The fraction of sp³-hybridized carbons (Fsp3) is 0.150. The molecular formula is C20H18N4OS2. The van der Waals surface area contributed by atoms with E-state index in [9.17, 15) is 4.79 Å². The van der Waals surface area contributed by atoms with Gasteiger partial charge < -0.3 is 5.32 Å². The summed E-state index contributed by atoms with van der Waals surface area (Å²) in [5.74, 6) is -0.0825. The number of rotatable bonds is 5. The van der Waals surface area contributed by atoms with E-state index in [1.807, 2.05) is 71.8 Å². The number of carbonyl (C=O) groups is 1. The van der Waals surface area contributed by atoms with Crippen LogP contribution in [0.5, 0.6) is 0 Å². The van der Waals surface area contributed by atoms with Crippen molar-refractivity contribution in [2.45, 2.75) is 20.3 Å². The summed E-state index contributed by atoms with van der Waals surface area (Å²) in [6.45, 7) is 3.93. The van der Waals surface area contributed by atoms with Gasteiger partial charge in [-0.05, 0) is 37.4 Å². The van der Waals surface area contributed by atoms with Crippen LogP contribution in [0.25, 0.3) is 16.3 Å². The first kappa shape index (κ1) is 17.6. The maximum Gasteiger partial charge on any atom is 0.230 e. The highest BCUT2D eigenvalue weighted by Gasteiger charge is 2.17. The summed E-state index contributed by atoms with van der Waals surface area (Å²) in [6.07, 6.45) is 0.276. The molecule has 0 fully saturated rings. The lowest BCUT2D eigenvalue weighted by Gasteiger charge is -2.05. The van der Waals surface area contributed by atoms with Crippen molar-refractivity contribution < 1.29 is 4.79 Å². The monoisotopic (exact) mass is 394 g/mol. The quantitative estimate of drug-likeness (QED) is 0.526. The number of hydrogen-bond acceptors (Lipinski definition) is 5. The van der Waals surface area contributed by atoms with Crippen molar-refractivity contribution in [2.24, 2.45) is 0 Å². The zero-order chi connectivity index (χ0) is 18.8. The molecule has 0 saturated carbocycles. The van der Waals surface area contributed by atoms with Crippen molar-refractivity contribution in [1.29, 1.82) is 0 Å². The van der Waals surface area contributed by atoms with Crippen LogP contribution in [0.3, 0.4) is 0 Å². The van der Waals surface area contributed by atoms with Gasteiger partial charge in [0.2, 0.25) is 5.91 Å². The normalized spacial score (nSPS) is 10.9. The molecule has 3 heterocycles. The Hall–Kier alpha value is -2.77. The first-order valence-electron chi connectivity index (χ1n) is 8.51. The molecule has 0 saturated heterocycles. The molecule has 3 aromatic heterocycles. The van der Waals surface area contributed by atoms with Crippen molar-refractivity contribution in [3.8, 4) is 16.3 Å². The molecule has 0 radical (unpaired) electrons. The van der Waals surface area contributed by atoms with Crippen LogP contribution in [0.2, 0.25) is 0 Å². The number of carbonyl (C=O) groups excluding carboxylic acids is 1. The van der Waals surface area contributed by atoms with Crippen molar-refractivity contribution in [1.82, 2.24) is 14.8 Å². The predicted molar refractivity (Wildman–Crippen MR) is 111 cm³/mol. The van der Waals surface area contributed by atoms with E-state index in [0.29, 0.717) is 5.13 Å². The molecule has 0 aliphatic heterocycles. The highest BCUT2D eigenvalue weighted by atomic mass is 32.1. The summed E-state index contributed by atoms with van der Waals surface area (Å²) >= 11 is 3.08. The summed E-state index contributed by atoms with van der Waals surface area (Å²) < 4.78 is 1.89. The van der Waals surface area contributed by atoms with Gasteiger partial charge in [-0.1, -0.05) is 24.3 Å². The lowest BCUT2D eigenvalue weighted by atomic mass is 10.1. The molecule has 0 aliphatic rings. The zero-order valence-electron chi connectivity index (χ0n) is 15.0. The molecule has 27 heavy (non-hydrogen) atoms. The predicted octanol–water partition coefficient (Wildman–Crippen LogP) is 4.86. The van der Waals surface area contributed by atoms with Crippen LogP contribution < -0.4 is 5.32 Å². The minimum atomic E-state index is -0.0825. The zero-order valence-corrected chi connectivity index (χ0v) is 16.6. The molecule has 4 aromatic rings. The smallest absolute Gasteiger partial charge is 0.230 e. The number of benzene rings is 1. The van der Waals surface area contributed by atoms with Crippen LogP contribution >= 0.6 is 22.7 Å². The van der Waals surface area contributed by atoms with Gasteiger partial charge in [-0.15, -0.1) is 22.7 Å². The summed E-state index contributed by atoms with van der Waals surface area (Å²) in [5.41, 5.74) is 4.68. The van der Waals surface area contributed by atoms with Crippen molar-refractivity contribution >= 4 is 33.7 Å². The van der Waals surface area contributed by atoms with Gasteiger partial charge in [-0.25, -0.2) is 9.67 Å². The van der Waals surface area contributed by atoms with Gasteiger partial charge in [0.1, 0.15) is 0 Å². The second-order valence-corrected chi connectivity index (χ2v) is 7.94. The fourth-order valence-corrected chi connectivity index (χ4v) is 4.43. The number of aromatic nitrogens is 3. The Morgan fingerprint density at radius 2 is 1.93 bits per heavy atom. The number of hydrogen-bond donors (Lipinski definition) is 1. The lowest BCUT2D eigenvalue weighted by molar-refractivity contribution is -0.115. The standard InChI is InChI=1S/C20H18N4OS2/c1-13-16(14(2)24(23-13)15-7-4-3-5-8-15)11-19(25)22-20-21-17(12-27-20)18-9-6-10-26-18/h3-10,12H,11H2,1-2H3,(H,21,22,25). The highest BCUT2D eigenvalue weighted by molar-refractivity contribution is 7.16. The van der Waals surface area contributed by atoms with Crippen LogP contribution in [0.1, 0.15) is 17.0 Å². The van der Waals surface area contributed by atoms with Crippen molar-refractivity contribution in [2.75, 3.05) is 5.32 Å². The molecule has 7 heteroatoms. The largest absolute Gasteiger partial charge is 0.302 e. The number of aryl methyl sites for hydroxylation is 1. The third-order valence-electron chi connectivity index (χ3n) is 4.30. The van der Waals surface area contributed by atoms with Gasteiger partial charge in [0.05, 0.1) is 28.4 Å². The Morgan fingerprint density at radius 3 is 2.67 bits per heavy atom. The van der Waals surface area contributed by atoms with Gasteiger partial charge in [-0.3, -0.25) is 4.79 Å². The second-order valence-electron chi connectivity index (χ2n) is 6.14. The molecule has 136 valence electrons. The maximum atomic E-state index is 12.5. The second kappa shape index (κ2) is 7.46. The van der Waals surface area contributed by atoms with E-state index in [4.69, 9.17) is 0 Å². The highest BCUT2D eigenvalue weighted by Crippen LogP contribution is 2.28. The van der Waals surface area contributed by atoms with Gasteiger partial charge in [0, 0.05) is 16.6 Å². The Kier molecular flexibility index (Phi) is 4.87. The summed E-state index contributed by atoms with van der Waals surface area (Å²) in [7, 11) is 0. The molecule has 1 aromatic carbocycles. The van der Waals surface area contributed by atoms with Gasteiger partial charge in [0.15, 0.2) is 5.13 Å². The number of anilines is 1. The van der Waals surface area contributed by atoms with E-state index in [1.165, 1.54) is 11.3 Å². The van der Waals surface area contributed by atoms with E-state index < -0.39 is 0 Å². The number of nitrogens with one attached hydrogen (secondary N) is 1. The molecule has 5 nitrogen and oxygen atoms in total. The minimum Gasteiger partial charge on any atom is -0.302 e. The number of thiophene rings is 1. The average molecular weight is 395 g/mol. The van der Waals surface area contributed by atoms with Crippen LogP contribution in [0.4, 0.5) is 5.13 Å². The third kappa shape index (κ3) is 3.70. The van der Waals surface area contributed by atoms with E-state index >= 15 is 0 Å². The van der Waals surface area contributed by atoms with Gasteiger partial charge in [-0.2, -0.15) is 5.10 Å². The van der Waals surface area contributed by atoms with E-state index in [0.717, 1.165) is 33.2 Å². The summed E-state index contributed by atoms with van der Waals surface area (Å²) in [4.78, 5) is 18.2. The Bertz CT molecular complexity index is 1070. The molecule has 4 rings (SSSR count).